The molecule has 0 radical (unpaired) electrons. The maximum atomic E-state index is 12.3. The molecule has 2 heterocycles. The van der Waals surface area contributed by atoms with Crippen molar-refractivity contribution < 1.29 is 22.8 Å². The van der Waals surface area contributed by atoms with Crippen LogP contribution in [0.15, 0.2) is 10.6 Å². The smallest absolute Gasteiger partial charge is 0.320 e. The molecule has 1 atom stereocenters. The highest BCUT2D eigenvalue weighted by atomic mass is 32.2. The monoisotopic (exact) mass is 317 g/mol. The molecule has 0 spiro atoms. The molecule has 1 N–H and O–H groups in total. The third-order valence-electron chi connectivity index (χ3n) is 3.58. The molecule has 2 rings (SSSR count). The number of hydrogen-bond donors (Lipinski definition) is 1. The summed E-state index contributed by atoms with van der Waals surface area (Å²) < 4.78 is 30.8. The second-order valence-corrected chi connectivity index (χ2v) is 7.10. The Bertz CT molecular complexity index is 604. The Morgan fingerprint density at radius 1 is 1.43 bits per heavy atom. The van der Waals surface area contributed by atoms with E-state index in [1.54, 1.807) is 24.8 Å². The number of piperazine rings is 1. The average Bonchev–Trinajstić information content (AvgIpc) is 2.82. The van der Waals surface area contributed by atoms with Gasteiger partial charge in [-0.25, -0.2) is 8.42 Å². The Balaban J connectivity index is 1.96. The van der Waals surface area contributed by atoms with E-state index in [0.29, 0.717) is 24.5 Å². The summed E-state index contributed by atoms with van der Waals surface area (Å²) in [6.45, 7) is 4.70. The summed E-state index contributed by atoms with van der Waals surface area (Å²) >= 11 is 0. The maximum Gasteiger partial charge on any atom is 0.320 e. The van der Waals surface area contributed by atoms with Crippen LogP contribution >= 0.6 is 0 Å². The minimum atomic E-state index is -3.46. The number of hydrogen-bond acceptors (Lipinski definition) is 6. The summed E-state index contributed by atoms with van der Waals surface area (Å²) in [5, 5.41) is 12.7. The van der Waals surface area contributed by atoms with Crippen molar-refractivity contribution in [1.29, 1.82) is 0 Å². The predicted molar refractivity (Wildman–Crippen MR) is 74.1 cm³/mol. The van der Waals surface area contributed by atoms with Crippen LogP contribution in [0.1, 0.15) is 18.4 Å². The van der Waals surface area contributed by atoms with Gasteiger partial charge in [0.05, 0.1) is 0 Å². The van der Waals surface area contributed by atoms with Crippen LogP contribution in [0, 0.1) is 6.92 Å². The molecular formula is C12H19N3O5S. The van der Waals surface area contributed by atoms with Gasteiger partial charge in [-0.15, -0.1) is 0 Å². The maximum absolute atomic E-state index is 12.3. The number of aliphatic carboxylic acids is 1. The molecule has 0 aliphatic carbocycles. The molecule has 1 aromatic heterocycles. The lowest BCUT2D eigenvalue weighted by Crippen LogP contribution is -2.53. The van der Waals surface area contributed by atoms with Crippen molar-refractivity contribution in [2.45, 2.75) is 25.6 Å². The molecule has 0 aromatic carbocycles. The number of carboxylic acids is 1. The van der Waals surface area contributed by atoms with Crippen LogP contribution in [0.25, 0.3) is 0 Å². The number of rotatable bonds is 5. The molecule has 9 heteroatoms. The van der Waals surface area contributed by atoms with Crippen molar-refractivity contribution >= 4 is 16.0 Å². The minimum Gasteiger partial charge on any atom is -0.480 e. The van der Waals surface area contributed by atoms with E-state index in [1.807, 2.05) is 0 Å². The van der Waals surface area contributed by atoms with Gasteiger partial charge in [0.15, 0.2) is 0 Å². The summed E-state index contributed by atoms with van der Waals surface area (Å²) in [4.78, 5) is 12.7. The molecule has 1 aliphatic heterocycles. The van der Waals surface area contributed by atoms with Crippen LogP contribution in [-0.4, -0.2) is 66.1 Å². The van der Waals surface area contributed by atoms with Gasteiger partial charge in [0.25, 0.3) is 0 Å². The molecule has 21 heavy (non-hydrogen) atoms. The topological polar surface area (TPSA) is 104 Å². The van der Waals surface area contributed by atoms with Crippen LogP contribution in [-0.2, 0) is 20.6 Å². The third-order valence-corrected chi connectivity index (χ3v) is 5.39. The zero-order valence-electron chi connectivity index (χ0n) is 12.0. The molecule has 1 saturated heterocycles. The highest BCUT2D eigenvalue weighted by Crippen LogP contribution is 2.15. The van der Waals surface area contributed by atoms with E-state index in [4.69, 9.17) is 9.63 Å². The highest BCUT2D eigenvalue weighted by molar-refractivity contribution is 7.88. The van der Waals surface area contributed by atoms with Gasteiger partial charge >= 0.3 is 5.97 Å². The highest BCUT2D eigenvalue weighted by Gasteiger charge is 2.31. The fraction of sp³-hybridized carbons (Fsp3) is 0.667. The molecule has 0 bridgehead atoms. The lowest BCUT2D eigenvalue weighted by atomic mass is 10.2. The summed E-state index contributed by atoms with van der Waals surface area (Å²) in [6.07, 6.45) is 0. The summed E-state index contributed by atoms with van der Waals surface area (Å²) in [5.41, 5.74) is 0.383. The Hall–Kier alpha value is -1.45. The number of aromatic nitrogens is 1. The van der Waals surface area contributed by atoms with Gasteiger partial charge in [-0.1, -0.05) is 5.16 Å². The summed E-state index contributed by atoms with van der Waals surface area (Å²) in [6, 6.07) is 0.994. The van der Waals surface area contributed by atoms with Crippen molar-refractivity contribution in [1.82, 2.24) is 14.4 Å². The fourth-order valence-electron chi connectivity index (χ4n) is 2.29. The number of aryl methyl sites for hydroxylation is 1. The van der Waals surface area contributed by atoms with Crippen LogP contribution in [0.5, 0.6) is 0 Å². The second-order valence-electron chi connectivity index (χ2n) is 5.13. The molecular weight excluding hydrogens is 298 g/mol. The molecule has 1 aromatic rings. The Morgan fingerprint density at radius 2 is 2.05 bits per heavy atom. The predicted octanol–water partition coefficient (Wildman–Crippen LogP) is -0.0965. The first-order valence-corrected chi connectivity index (χ1v) is 8.27. The standard InChI is InChI=1S/C12H19N3O5S/c1-9-7-11(13-20-9)8-21(18,19)15-5-3-14(4-6-15)10(2)12(16)17/h7,10H,3-6,8H2,1-2H3,(H,16,17). The first kappa shape index (κ1) is 15.9. The Morgan fingerprint density at radius 3 is 2.52 bits per heavy atom. The van der Waals surface area contributed by atoms with Gasteiger partial charge in [0.1, 0.15) is 23.2 Å². The number of carbonyl (C=O) groups is 1. The van der Waals surface area contributed by atoms with E-state index in [9.17, 15) is 13.2 Å². The molecule has 118 valence electrons. The Kier molecular flexibility index (Phi) is 4.64. The van der Waals surface area contributed by atoms with Crippen molar-refractivity contribution in [2.24, 2.45) is 0 Å². The van der Waals surface area contributed by atoms with E-state index in [1.165, 1.54) is 4.31 Å². The van der Waals surface area contributed by atoms with Gasteiger partial charge < -0.3 is 9.63 Å². The van der Waals surface area contributed by atoms with E-state index in [-0.39, 0.29) is 18.8 Å². The third kappa shape index (κ3) is 3.80. The van der Waals surface area contributed by atoms with Crippen molar-refractivity contribution in [3.8, 4) is 0 Å². The lowest BCUT2D eigenvalue weighted by molar-refractivity contribution is -0.143. The number of carboxylic acid groups (broad SMARTS) is 1. The van der Waals surface area contributed by atoms with E-state index in [2.05, 4.69) is 5.16 Å². The van der Waals surface area contributed by atoms with Crippen LogP contribution < -0.4 is 0 Å². The van der Waals surface area contributed by atoms with Crippen molar-refractivity contribution in [3.63, 3.8) is 0 Å². The van der Waals surface area contributed by atoms with Crippen molar-refractivity contribution in [3.05, 3.63) is 17.5 Å². The average molecular weight is 317 g/mol. The van der Waals surface area contributed by atoms with Gasteiger partial charge in [-0.2, -0.15) is 4.31 Å². The van der Waals surface area contributed by atoms with Crippen LogP contribution in [0.3, 0.4) is 0 Å². The molecule has 1 fully saturated rings. The first-order chi connectivity index (χ1) is 9.79. The molecule has 8 nitrogen and oxygen atoms in total. The van der Waals surface area contributed by atoms with Gasteiger partial charge in [0.2, 0.25) is 10.0 Å². The normalized spacial score (nSPS) is 19.5. The van der Waals surface area contributed by atoms with Gasteiger partial charge in [-0.05, 0) is 13.8 Å². The first-order valence-electron chi connectivity index (χ1n) is 6.66. The van der Waals surface area contributed by atoms with Crippen molar-refractivity contribution in [2.75, 3.05) is 26.2 Å². The minimum absolute atomic E-state index is 0.196. The van der Waals surface area contributed by atoms with E-state index in [0.717, 1.165) is 0 Å². The van der Waals surface area contributed by atoms with Crippen LogP contribution in [0.4, 0.5) is 0 Å². The summed E-state index contributed by atoms with van der Waals surface area (Å²) in [7, 11) is -3.46. The zero-order valence-corrected chi connectivity index (χ0v) is 12.8. The molecule has 1 unspecified atom stereocenters. The van der Waals surface area contributed by atoms with E-state index >= 15 is 0 Å². The fourth-order valence-corrected chi connectivity index (χ4v) is 3.70. The van der Waals surface area contributed by atoms with Crippen LogP contribution in [0.2, 0.25) is 0 Å². The van der Waals surface area contributed by atoms with Gasteiger partial charge in [0, 0.05) is 32.2 Å². The largest absolute Gasteiger partial charge is 0.480 e. The molecule has 0 amide bonds. The lowest BCUT2D eigenvalue weighted by Gasteiger charge is -2.35. The molecule has 0 saturated carbocycles. The molecule has 1 aliphatic rings. The van der Waals surface area contributed by atoms with E-state index < -0.39 is 22.0 Å². The second kappa shape index (κ2) is 6.12. The van der Waals surface area contributed by atoms with Gasteiger partial charge in [-0.3, -0.25) is 9.69 Å². The number of nitrogens with zero attached hydrogens (tertiary/aromatic N) is 3. The SMILES string of the molecule is Cc1cc(CS(=O)(=O)N2CCN(C(C)C(=O)O)CC2)no1. The quantitative estimate of drug-likeness (QED) is 0.809. The summed E-state index contributed by atoms with van der Waals surface area (Å²) in [5.74, 6) is -0.525. The number of sulfonamides is 1. The zero-order chi connectivity index (χ0) is 15.6. The Labute approximate surface area is 123 Å².